The van der Waals surface area contributed by atoms with Crippen LogP contribution in [0.25, 0.3) is 0 Å². The van der Waals surface area contributed by atoms with Crippen molar-refractivity contribution >= 4 is 10.1 Å². The highest BCUT2D eigenvalue weighted by molar-refractivity contribution is 7.86. The molecule has 1 aromatic carbocycles. The van der Waals surface area contributed by atoms with E-state index in [4.69, 9.17) is 13.7 Å². The maximum atomic E-state index is 12.9. The molecule has 9 atom stereocenters. The van der Waals surface area contributed by atoms with E-state index in [1.54, 1.807) is 12.1 Å². The topological polar surface area (TPSA) is 61.8 Å². The molecule has 0 unspecified atom stereocenters. The van der Waals surface area contributed by atoms with Gasteiger partial charge < -0.3 is 9.47 Å². The zero-order valence-electron chi connectivity index (χ0n) is 23.7. The van der Waals surface area contributed by atoms with Crippen LogP contribution < -0.4 is 0 Å². The van der Waals surface area contributed by atoms with Crippen LogP contribution in [0.5, 0.6) is 0 Å². The molecular formula is C32H48O5S. The smallest absolute Gasteiger partial charge is 0.296 e. The van der Waals surface area contributed by atoms with Crippen molar-refractivity contribution in [2.45, 2.75) is 115 Å². The summed E-state index contributed by atoms with van der Waals surface area (Å²) in [5.74, 6) is 3.34. The summed E-state index contributed by atoms with van der Waals surface area (Å²) in [5.41, 5.74) is 1.65. The minimum absolute atomic E-state index is 0.0253. The molecule has 0 radical (unpaired) electrons. The van der Waals surface area contributed by atoms with Crippen LogP contribution in [0.2, 0.25) is 0 Å². The highest BCUT2D eigenvalue weighted by Gasteiger charge is 2.60. The molecule has 0 bridgehead atoms. The standard InChI is InChI=1S/C32H48O5S/c1-22-7-11-26(12-8-22)38(33,34)36-21-24-10-14-28-27-13-9-23-20-25(37-30-6-4-5-19-35-30)15-17-31(23,2)29(27)16-18-32(24,28)3/h7-8,11-12,23-25,27-30H,4-6,9-10,13-21H2,1-3H3/t23-,24+,25-,27+,28-,29-,30+,31-,32+/m0/s1. The lowest BCUT2D eigenvalue weighted by Crippen LogP contribution is -2.54. The Balaban J connectivity index is 1.09. The van der Waals surface area contributed by atoms with Gasteiger partial charge in [0.1, 0.15) is 0 Å². The van der Waals surface area contributed by atoms with Gasteiger partial charge in [0.05, 0.1) is 17.6 Å². The second-order valence-electron chi connectivity index (χ2n) is 13.9. The molecule has 0 amide bonds. The van der Waals surface area contributed by atoms with Gasteiger partial charge in [0.15, 0.2) is 6.29 Å². The molecule has 38 heavy (non-hydrogen) atoms. The summed E-state index contributed by atoms with van der Waals surface area (Å²) in [4.78, 5) is 0.271. The van der Waals surface area contributed by atoms with E-state index >= 15 is 0 Å². The largest absolute Gasteiger partial charge is 0.353 e. The number of rotatable bonds is 6. The molecule has 5 aliphatic rings. The van der Waals surface area contributed by atoms with Gasteiger partial charge in [-0.25, -0.2) is 0 Å². The lowest BCUT2D eigenvalue weighted by Gasteiger charge is -2.61. The normalized spacial score (nSPS) is 43.2. The van der Waals surface area contributed by atoms with E-state index in [9.17, 15) is 8.42 Å². The molecule has 0 spiro atoms. The second kappa shape index (κ2) is 10.5. The fraction of sp³-hybridized carbons (Fsp3) is 0.812. The average Bonchev–Trinajstić information content (AvgIpc) is 3.25. The van der Waals surface area contributed by atoms with Crippen LogP contribution in [0.4, 0.5) is 0 Å². The number of hydrogen-bond donors (Lipinski definition) is 0. The van der Waals surface area contributed by atoms with E-state index in [1.807, 2.05) is 19.1 Å². The van der Waals surface area contributed by atoms with Gasteiger partial charge in [0, 0.05) is 6.61 Å². The SMILES string of the molecule is Cc1ccc(S(=O)(=O)OC[C@H]2CC[C@H]3[C@H]4CC[C@H]5C[C@@H](O[C@@H]6CCCCO6)CC[C@]5(C)[C@H]4CC[C@]23C)cc1. The Hall–Kier alpha value is -0.950. The van der Waals surface area contributed by atoms with Crippen molar-refractivity contribution in [2.24, 2.45) is 40.4 Å². The predicted octanol–water partition coefficient (Wildman–Crippen LogP) is 7.27. The number of aryl methyl sites for hydroxylation is 1. The van der Waals surface area contributed by atoms with Gasteiger partial charge in [0.25, 0.3) is 10.1 Å². The summed E-state index contributed by atoms with van der Waals surface area (Å²) >= 11 is 0. The molecule has 0 N–H and O–H groups in total. The van der Waals surface area contributed by atoms with Crippen LogP contribution in [-0.2, 0) is 23.8 Å². The monoisotopic (exact) mass is 544 g/mol. The lowest BCUT2D eigenvalue weighted by molar-refractivity contribution is -0.212. The summed E-state index contributed by atoms with van der Waals surface area (Å²) in [6.07, 6.45) is 14.9. The first kappa shape index (κ1) is 27.2. The average molecular weight is 545 g/mol. The first-order chi connectivity index (χ1) is 18.2. The van der Waals surface area contributed by atoms with Crippen molar-refractivity contribution in [3.05, 3.63) is 29.8 Å². The maximum Gasteiger partial charge on any atom is 0.296 e. The molecule has 5 nitrogen and oxygen atoms in total. The van der Waals surface area contributed by atoms with E-state index in [-0.39, 0.29) is 16.6 Å². The van der Waals surface area contributed by atoms with E-state index < -0.39 is 10.1 Å². The molecule has 1 heterocycles. The van der Waals surface area contributed by atoms with Crippen molar-refractivity contribution < 1.29 is 22.1 Å². The van der Waals surface area contributed by atoms with Gasteiger partial charge in [-0.3, -0.25) is 4.18 Å². The molecule has 1 aliphatic heterocycles. The minimum atomic E-state index is -3.71. The first-order valence-electron chi connectivity index (χ1n) is 15.4. The van der Waals surface area contributed by atoms with Crippen molar-refractivity contribution in [3.8, 4) is 0 Å². The molecule has 1 saturated heterocycles. The fourth-order valence-corrected chi connectivity index (χ4v) is 10.7. The Morgan fingerprint density at radius 2 is 1.66 bits per heavy atom. The molecule has 0 aromatic heterocycles. The number of ether oxygens (including phenoxy) is 2. The second-order valence-corrected chi connectivity index (χ2v) is 15.5. The van der Waals surface area contributed by atoms with Crippen LogP contribution in [0.1, 0.15) is 96.5 Å². The maximum absolute atomic E-state index is 12.9. The summed E-state index contributed by atoms with van der Waals surface area (Å²) in [5, 5.41) is 0. The van der Waals surface area contributed by atoms with E-state index in [2.05, 4.69) is 13.8 Å². The van der Waals surface area contributed by atoms with Gasteiger partial charge in [0.2, 0.25) is 0 Å². The third-order valence-electron chi connectivity index (χ3n) is 12.0. The number of hydrogen-bond acceptors (Lipinski definition) is 5. The molecule has 6 heteroatoms. The van der Waals surface area contributed by atoms with Gasteiger partial charge in [-0.1, -0.05) is 31.5 Å². The first-order valence-corrected chi connectivity index (χ1v) is 16.8. The van der Waals surface area contributed by atoms with Crippen LogP contribution in [-0.4, -0.2) is 34.0 Å². The Labute approximate surface area is 230 Å². The zero-order chi connectivity index (χ0) is 26.5. The molecule has 212 valence electrons. The van der Waals surface area contributed by atoms with Crippen molar-refractivity contribution in [1.82, 2.24) is 0 Å². The van der Waals surface area contributed by atoms with Gasteiger partial charge in [-0.05, 0) is 137 Å². The summed E-state index contributed by atoms with van der Waals surface area (Å²) in [6, 6.07) is 7.00. The van der Waals surface area contributed by atoms with Gasteiger partial charge in [-0.15, -0.1) is 0 Å². The minimum Gasteiger partial charge on any atom is -0.353 e. The molecule has 1 aromatic rings. The Morgan fingerprint density at radius 1 is 0.895 bits per heavy atom. The van der Waals surface area contributed by atoms with Gasteiger partial charge in [-0.2, -0.15) is 8.42 Å². The van der Waals surface area contributed by atoms with Crippen LogP contribution in [0, 0.1) is 47.3 Å². The molecule has 4 saturated carbocycles. The van der Waals surface area contributed by atoms with E-state index in [1.165, 1.54) is 64.2 Å². The van der Waals surface area contributed by atoms with Crippen molar-refractivity contribution in [2.75, 3.05) is 13.2 Å². The van der Waals surface area contributed by atoms with Crippen molar-refractivity contribution in [1.29, 1.82) is 0 Å². The van der Waals surface area contributed by atoms with Crippen LogP contribution in [0.3, 0.4) is 0 Å². The molecule has 4 aliphatic carbocycles. The van der Waals surface area contributed by atoms with Crippen LogP contribution >= 0.6 is 0 Å². The van der Waals surface area contributed by atoms with E-state index in [0.29, 0.717) is 30.0 Å². The summed E-state index contributed by atoms with van der Waals surface area (Å²) in [7, 11) is -3.71. The molecule has 5 fully saturated rings. The Morgan fingerprint density at radius 3 is 2.42 bits per heavy atom. The quantitative estimate of drug-likeness (QED) is 0.278. The number of benzene rings is 1. The van der Waals surface area contributed by atoms with Gasteiger partial charge >= 0.3 is 0 Å². The summed E-state index contributed by atoms with van der Waals surface area (Å²) in [6.45, 7) is 8.20. The van der Waals surface area contributed by atoms with Crippen LogP contribution in [0.15, 0.2) is 29.2 Å². The molecular weight excluding hydrogens is 496 g/mol. The zero-order valence-corrected chi connectivity index (χ0v) is 24.5. The molecule has 6 rings (SSSR count). The Kier molecular flexibility index (Phi) is 7.50. The highest BCUT2D eigenvalue weighted by atomic mass is 32.2. The highest BCUT2D eigenvalue weighted by Crippen LogP contribution is 2.67. The lowest BCUT2D eigenvalue weighted by atomic mass is 9.44. The summed E-state index contributed by atoms with van der Waals surface area (Å²) < 4.78 is 43.9. The Bertz CT molecular complexity index is 1080. The third-order valence-corrected chi connectivity index (χ3v) is 13.3. The predicted molar refractivity (Wildman–Crippen MR) is 148 cm³/mol. The number of fused-ring (bicyclic) bond motifs is 5. The van der Waals surface area contributed by atoms with Crippen molar-refractivity contribution in [3.63, 3.8) is 0 Å². The van der Waals surface area contributed by atoms with E-state index in [0.717, 1.165) is 42.8 Å². The fourth-order valence-electron chi connectivity index (χ4n) is 9.70. The third kappa shape index (κ3) is 4.90.